The monoisotopic (exact) mass is 276 g/mol. The highest BCUT2D eigenvalue weighted by Gasteiger charge is 2.43. The molecule has 1 unspecified atom stereocenters. The van der Waals surface area contributed by atoms with Gasteiger partial charge in [-0.1, -0.05) is 6.07 Å². The molecular formula is C16H24N2O2. The lowest BCUT2D eigenvalue weighted by Gasteiger charge is -2.40. The second-order valence-corrected chi connectivity index (χ2v) is 5.80. The zero-order valence-corrected chi connectivity index (χ0v) is 12.2. The molecule has 1 aliphatic carbocycles. The summed E-state index contributed by atoms with van der Waals surface area (Å²) in [5.41, 5.74) is 2.41. The molecule has 1 fully saturated rings. The van der Waals surface area contributed by atoms with Gasteiger partial charge in [-0.25, -0.2) is 0 Å². The van der Waals surface area contributed by atoms with Crippen molar-refractivity contribution in [1.82, 2.24) is 10.2 Å². The number of aliphatic hydroxyl groups is 1. The first-order valence-corrected chi connectivity index (χ1v) is 7.54. The molecule has 1 aliphatic heterocycles. The maximum atomic E-state index is 10.2. The number of ether oxygens (including phenoxy) is 1. The quantitative estimate of drug-likeness (QED) is 0.868. The van der Waals surface area contributed by atoms with Gasteiger partial charge in [-0.3, -0.25) is 4.90 Å². The number of nitrogens with one attached hydrogen (secondary N) is 1. The molecule has 0 radical (unpaired) electrons. The fourth-order valence-corrected chi connectivity index (χ4v) is 3.68. The number of hydrogen-bond donors (Lipinski definition) is 2. The van der Waals surface area contributed by atoms with E-state index in [1.807, 2.05) is 6.07 Å². The summed E-state index contributed by atoms with van der Waals surface area (Å²) in [6.45, 7) is 4.30. The van der Waals surface area contributed by atoms with Gasteiger partial charge < -0.3 is 15.2 Å². The summed E-state index contributed by atoms with van der Waals surface area (Å²) in [5.74, 6) is 0.886. The van der Waals surface area contributed by atoms with Crippen LogP contribution in [-0.4, -0.2) is 49.9 Å². The van der Waals surface area contributed by atoms with Crippen LogP contribution in [0.15, 0.2) is 18.2 Å². The van der Waals surface area contributed by atoms with Crippen molar-refractivity contribution in [3.05, 3.63) is 29.3 Å². The summed E-state index contributed by atoms with van der Waals surface area (Å²) >= 11 is 0. The van der Waals surface area contributed by atoms with Crippen molar-refractivity contribution in [3.8, 4) is 5.75 Å². The number of nitrogens with zero attached hydrogens (tertiary/aromatic N) is 1. The molecular weight excluding hydrogens is 252 g/mol. The van der Waals surface area contributed by atoms with Crippen molar-refractivity contribution in [2.45, 2.75) is 24.8 Å². The second kappa shape index (κ2) is 5.72. The molecule has 4 heteroatoms. The van der Waals surface area contributed by atoms with Crippen LogP contribution in [0.3, 0.4) is 0 Å². The van der Waals surface area contributed by atoms with E-state index in [-0.39, 0.29) is 12.1 Å². The van der Waals surface area contributed by atoms with Gasteiger partial charge in [0.25, 0.3) is 0 Å². The molecule has 20 heavy (non-hydrogen) atoms. The maximum absolute atomic E-state index is 10.2. The molecule has 0 saturated carbocycles. The van der Waals surface area contributed by atoms with Crippen molar-refractivity contribution in [1.29, 1.82) is 0 Å². The van der Waals surface area contributed by atoms with Crippen LogP contribution in [0.5, 0.6) is 5.75 Å². The highest BCUT2D eigenvalue weighted by Crippen LogP contribution is 2.43. The van der Waals surface area contributed by atoms with E-state index >= 15 is 0 Å². The molecule has 1 heterocycles. The number of benzene rings is 1. The molecule has 1 saturated heterocycles. The van der Waals surface area contributed by atoms with E-state index in [4.69, 9.17) is 4.74 Å². The Hall–Kier alpha value is -1.10. The van der Waals surface area contributed by atoms with E-state index in [9.17, 15) is 5.11 Å². The van der Waals surface area contributed by atoms with Crippen molar-refractivity contribution < 1.29 is 9.84 Å². The van der Waals surface area contributed by atoms with Crippen LogP contribution < -0.4 is 10.1 Å². The van der Waals surface area contributed by atoms with Crippen molar-refractivity contribution in [2.75, 3.05) is 39.9 Å². The van der Waals surface area contributed by atoms with Crippen LogP contribution in [0.25, 0.3) is 0 Å². The number of rotatable bonds is 3. The first-order valence-electron chi connectivity index (χ1n) is 7.54. The van der Waals surface area contributed by atoms with Crippen LogP contribution in [0.2, 0.25) is 0 Å². The van der Waals surface area contributed by atoms with E-state index in [1.54, 1.807) is 7.11 Å². The number of methoxy groups -OCH3 is 1. The molecule has 0 spiro atoms. The summed E-state index contributed by atoms with van der Waals surface area (Å²) in [6.07, 6.45) is 3.19. The van der Waals surface area contributed by atoms with Crippen LogP contribution in [0, 0.1) is 0 Å². The van der Waals surface area contributed by atoms with Crippen molar-refractivity contribution in [2.24, 2.45) is 0 Å². The van der Waals surface area contributed by atoms with E-state index < -0.39 is 0 Å². The van der Waals surface area contributed by atoms with E-state index in [0.29, 0.717) is 0 Å². The van der Waals surface area contributed by atoms with Crippen LogP contribution in [0.4, 0.5) is 0 Å². The lowest BCUT2D eigenvalue weighted by atomic mass is 9.90. The van der Waals surface area contributed by atoms with Crippen LogP contribution >= 0.6 is 0 Å². The second-order valence-electron chi connectivity index (χ2n) is 5.80. The molecule has 0 aromatic heterocycles. The molecule has 110 valence electrons. The minimum atomic E-state index is -0.212. The summed E-state index contributed by atoms with van der Waals surface area (Å²) in [7, 11) is 1.70. The predicted octanol–water partition coefficient (Wildman–Crippen LogP) is 1.12. The number of aryl methyl sites for hydroxylation is 1. The number of hydrogen-bond acceptors (Lipinski definition) is 4. The summed E-state index contributed by atoms with van der Waals surface area (Å²) in [6, 6.07) is 6.30. The smallest absolute Gasteiger partial charge is 0.119 e. The van der Waals surface area contributed by atoms with E-state index in [1.165, 1.54) is 11.1 Å². The Bertz CT molecular complexity index is 470. The zero-order chi connectivity index (χ0) is 14.0. The van der Waals surface area contributed by atoms with Gasteiger partial charge in [0.2, 0.25) is 0 Å². The minimum absolute atomic E-state index is 0.188. The summed E-state index contributed by atoms with van der Waals surface area (Å²) in [5, 5.41) is 13.6. The molecule has 4 nitrogen and oxygen atoms in total. The van der Waals surface area contributed by atoms with Crippen LogP contribution in [-0.2, 0) is 12.0 Å². The van der Waals surface area contributed by atoms with Gasteiger partial charge in [-0.2, -0.15) is 0 Å². The molecule has 1 atom stereocenters. The normalized spacial score (nSPS) is 27.1. The predicted molar refractivity (Wildman–Crippen MR) is 79.1 cm³/mol. The van der Waals surface area contributed by atoms with Gasteiger partial charge >= 0.3 is 0 Å². The third-order valence-corrected chi connectivity index (χ3v) is 4.83. The summed E-state index contributed by atoms with van der Waals surface area (Å²) in [4.78, 5) is 2.47. The Morgan fingerprint density at radius 3 is 3.05 bits per heavy atom. The standard InChI is InChI=1S/C16H24N2O2/c1-20-14-4-3-13-5-6-16(12-19,15(13)11-14)18-9-2-7-17-8-10-18/h3-4,11,17,19H,2,5-10,12H2,1H3. The zero-order valence-electron chi connectivity index (χ0n) is 12.2. The average molecular weight is 276 g/mol. The van der Waals surface area contributed by atoms with Gasteiger partial charge in [-0.15, -0.1) is 0 Å². The first-order chi connectivity index (χ1) is 9.80. The molecule has 1 aromatic rings. The van der Waals surface area contributed by atoms with Gasteiger partial charge in [-0.05, 0) is 49.1 Å². The average Bonchev–Trinajstić information content (AvgIpc) is 2.67. The van der Waals surface area contributed by atoms with Crippen molar-refractivity contribution in [3.63, 3.8) is 0 Å². The number of aliphatic hydroxyl groups excluding tert-OH is 1. The fourth-order valence-electron chi connectivity index (χ4n) is 3.68. The third kappa shape index (κ3) is 2.22. The van der Waals surface area contributed by atoms with Crippen molar-refractivity contribution >= 4 is 0 Å². The van der Waals surface area contributed by atoms with E-state index in [2.05, 4.69) is 22.3 Å². The Kier molecular flexibility index (Phi) is 3.96. The summed E-state index contributed by atoms with van der Waals surface area (Å²) < 4.78 is 5.38. The van der Waals surface area contributed by atoms with Gasteiger partial charge in [0.05, 0.1) is 19.3 Å². The maximum Gasteiger partial charge on any atom is 0.119 e. The fraction of sp³-hybridized carbons (Fsp3) is 0.625. The minimum Gasteiger partial charge on any atom is -0.497 e. The van der Waals surface area contributed by atoms with E-state index in [0.717, 1.165) is 51.2 Å². The molecule has 0 bridgehead atoms. The molecule has 0 amide bonds. The lowest BCUT2D eigenvalue weighted by Crippen LogP contribution is -2.49. The lowest BCUT2D eigenvalue weighted by molar-refractivity contribution is 0.0313. The molecule has 3 rings (SSSR count). The van der Waals surface area contributed by atoms with Crippen LogP contribution in [0.1, 0.15) is 24.0 Å². The first kappa shape index (κ1) is 13.9. The highest BCUT2D eigenvalue weighted by atomic mass is 16.5. The number of fused-ring (bicyclic) bond motifs is 1. The van der Waals surface area contributed by atoms with Gasteiger partial charge in [0, 0.05) is 19.6 Å². The molecule has 1 aromatic carbocycles. The Labute approximate surface area is 120 Å². The topological polar surface area (TPSA) is 44.7 Å². The molecule has 2 N–H and O–H groups in total. The third-order valence-electron chi connectivity index (χ3n) is 4.83. The van der Waals surface area contributed by atoms with Gasteiger partial charge in [0.15, 0.2) is 0 Å². The largest absolute Gasteiger partial charge is 0.497 e. The SMILES string of the molecule is COc1ccc2c(c1)C(CO)(N1CCCNCC1)CC2. The Morgan fingerprint density at radius 1 is 1.35 bits per heavy atom. The van der Waals surface area contributed by atoms with Gasteiger partial charge in [0.1, 0.15) is 5.75 Å². The molecule has 2 aliphatic rings. The Morgan fingerprint density at radius 2 is 2.25 bits per heavy atom. The highest BCUT2D eigenvalue weighted by molar-refractivity contribution is 5.44. The Balaban J connectivity index is 1.98.